The van der Waals surface area contributed by atoms with Gasteiger partial charge in [0.25, 0.3) is 0 Å². The molecule has 1 aliphatic carbocycles. The highest BCUT2D eigenvalue weighted by molar-refractivity contribution is 4.86. The average Bonchev–Trinajstić information content (AvgIpc) is 2.99. The van der Waals surface area contributed by atoms with Gasteiger partial charge in [0.05, 0.1) is 0 Å². The van der Waals surface area contributed by atoms with Crippen LogP contribution in [-0.4, -0.2) is 12.6 Å². The molecule has 1 heteroatoms. The molecule has 0 heterocycles. The van der Waals surface area contributed by atoms with Crippen LogP contribution in [0, 0.1) is 11.8 Å². The number of hydrogen-bond donors (Lipinski definition) is 1. The van der Waals surface area contributed by atoms with E-state index in [9.17, 15) is 0 Å². The Hall–Kier alpha value is -0.0400. The van der Waals surface area contributed by atoms with Crippen LogP contribution in [0.25, 0.3) is 0 Å². The van der Waals surface area contributed by atoms with E-state index in [0.29, 0.717) is 0 Å². The summed E-state index contributed by atoms with van der Waals surface area (Å²) in [7, 11) is 0. The van der Waals surface area contributed by atoms with Crippen LogP contribution in [0.2, 0.25) is 0 Å². The molecule has 0 bridgehead atoms. The second-order valence-electron chi connectivity index (χ2n) is 4.86. The number of nitrogens with one attached hydrogen (secondary N) is 1. The van der Waals surface area contributed by atoms with E-state index >= 15 is 0 Å². The normalized spacial score (nSPS) is 20.8. The number of hydrogen-bond acceptors (Lipinski definition) is 1. The van der Waals surface area contributed by atoms with Crippen LogP contribution in [0.5, 0.6) is 0 Å². The fourth-order valence-electron chi connectivity index (χ4n) is 2.38. The Morgan fingerprint density at radius 2 is 1.93 bits per heavy atom. The zero-order valence-corrected chi connectivity index (χ0v) is 10.2. The Kier molecular flexibility index (Phi) is 5.54. The molecule has 0 spiro atoms. The van der Waals surface area contributed by atoms with Gasteiger partial charge >= 0.3 is 0 Å². The fourth-order valence-corrected chi connectivity index (χ4v) is 2.38. The Balaban J connectivity index is 2.21. The third-order valence-electron chi connectivity index (χ3n) is 3.59. The van der Waals surface area contributed by atoms with Gasteiger partial charge in [-0.1, -0.05) is 40.0 Å². The maximum absolute atomic E-state index is 3.66. The number of unbranched alkanes of at least 4 members (excludes halogenated alkanes) is 2. The van der Waals surface area contributed by atoms with Gasteiger partial charge in [-0.3, -0.25) is 0 Å². The van der Waals surface area contributed by atoms with Crippen LogP contribution in [0.4, 0.5) is 0 Å². The minimum absolute atomic E-state index is 0.791. The molecule has 1 nitrogen and oxygen atoms in total. The maximum Gasteiger partial charge on any atom is 0.00952 e. The lowest BCUT2D eigenvalue weighted by Gasteiger charge is -2.24. The third kappa shape index (κ3) is 4.00. The first-order chi connectivity index (χ1) is 6.79. The molecule has 0 aliphatic heterocycles. The van der Waals surface area contributed by atoms with Crippen molar-refractivity contribution in [1.29, 1.82) is 0 Å². The summed E-state index contributed by atoms with van der Waals surface area (Å²) in [5, 5.41) is 3.66. The van der Waals surface area contributed by atoms with Gasteiger partial charge in [-0.25, -0.2) is 0 Å². The summed E-state index contributed by atoms with van der Waals surface area (Å²) in [5.41, 5.74) is 0. The summed E-state index contributed by atoms with van der Waals surface area (Å²) in [6.45, 7) is 8.09. The van der Waals surface area contributed by atoms with E-state index in [-0.39, 0.29) is 0 Å². The quantitative estimate of drug-likeness (QED) is 0.586. The molecule has 2 unspecified atom stereocenters. The lowest BCUT2D eigenvalue weighted by molar-refractivity contribution is 0.321. The topological polar surface area (TPSA) is 12.0 Å². The Morgan fingerprint density at radius 3 is 2.43 bits per heavy atom. The SMILES string of the molecule is CCCCCC(NCC)C(C)C1CC1. The highest BCUT2D eigenvalue weighted by Crippen LogP contribution is 2.39. The van der Waals surface area contributed by atoms with E-state index in [1.54, 1.807) is 0 Å². The Labute approximate surface area is 89.7 Å². The van der Waals surface area contributed by atoms with Crippen molar-refractivity contribution in [1.82, 2.24) is 5.32 Å². The van der Waals surface area contributed by atoms with Crippen molar-refractivity contribution < 1.29 is 0 Å². The molecule has 0 aromatic rings. The zero-order valence-electron chi connectivity index (χ0n) is 10.2. The molecular formula is C13H27N. The number of rotatable bonds is 8. The molecule has 1 N–H and O–H groups in total. The van der Waals surface area contributed by atoms with E-state index in [4.69, 9.17) is 0 Å². The monoisotopic (exact) mass is 197 g/mol. The second kappa shape index (κ2) is 6.44. The Morgan fingerprint density at radius 1 is 1.21 bits per heavy atom. The molecule has 2 atom stereocenters. The van der Waals surface area contributed by atoms with Gasteiger partial charge in [0.2, 0.25) is 0 Å². The summed E-state index contributed by atoms with van der Waals surface area (Å²) >= 11 is 0. The molecule has 0 amide bonds. The standard InChI is InChI=1S/C13H27N/c1-4-6-7-8-13(14-5-2)11(3)12-9-10-12/h11-14H,4-10H2,1-3H3. The third-order valence-corrected chi connectivity index (χ3v) is 3.59. The van der Waals surface area contributed by atoms with Gasteiger partial charge in [0.1, 0.15) is 0 Å². The summed E-state index contributed by atoms with van der Waals surface area (Å²) in [6.07, 6.45) is 8.51. The first-order valence-electron chi connectivity index (χ1n) is 6.53. The molecular weight excluding hydrogens is 170 g/mol. The molecule has 14 heavy (non-hydrogen) atoms. The van der Waals surface area contributed by atoms with Crippen molar-refractivity contribution in [3.05, 3.63) is 0 Å². The predicted octanol–water partition coefficient (Wildman–Crippen LogP) is 3.59. The Bertz CT molecular complexity index is 140. The van der Waals surface area contributed by atoms with Crippen LogP contribution in [0.15, 0.2) is 0 Å². The summed E-state index contributed by atoms with van der Waals surface area (Å²) in [4.78, 5) is 0. The average molecular weight is 197 g/mol. The first-order valence-corrected chi connectivity index (χ1v) is 6.53. The summed E-state index contributed by atoms with van der Waals surface area (Å²) in [6, 6.07) is 0.791. The van der Waals surface area contributed by atoms with Crippen molar-refractivity contribution in [3.63, 3.8) is 0 Å². The minimum Gasteiger partial charge on any atom is -0.314 e. The van der Waals surface area contributed by atoms with E-state index in [0.717, 1.165) is 24.4 Å². The smallest absolute Gasteiger partial charge is 0.00952 e. The van der Waals surface area contributed by atoms with E-state index in [1.807, 2.05) is 0 Å². The lowest BCUT2D eigenvalue weighted by atomic mass is 9.92. The van der Waals surface area contributed by atoms with Crippen LogP contribution < -0.4 is 5.32 Å². The largest absolute Gasteiger partial charge is 0.314 e. The van der Waals surface area contributed by atoms with E-state index in [2.05, 4.69) is 26.1 Å². The highest BCUT2D eigenvalue weighted by Gasteiger charge is 2.32. The molecule has 0 radical (unpaired) electrons. The molecule has 84 valence electrons. The van der Waals surface area contributed by atoms with Crippen molar-refractivity contribution >= 4 is 0 Å². The molecule has 1 fully saturated rings. The van der Waals surface area contributed by atoms with Crippen molar-refractivity contribution in [2.45, 2.75) is 65.3 Å². The molecule has 1 aliphatic rings. The van der Waals surface area contributed by atoms with E-state index < -0.39 is 0 Å². The molecule has 1 saturated carbocycles. The maximum atomic E-state index is 3.66. The first kappa shape index (κ1) is 12.0. The van der Waals surface area contributed by atoms with E-state index in [1.165, 1.54) is 38.5 Å². The molecule has 1 rings (SSSR count). The van der Waals surface area contributed by atoms with Crippen molar-refractivity contribution in [2.24, 2.45) is 11.8 Å². The van der Waals surface area contributed by atoms with Crippen LogP contribution in [0.3, 0.4) is 0 Å². The molecule has 0 aromatic carbocycles. The van der Waals surface area contributed by atoms with Gasteiger partial charge in [-0.15, -0.1) is 0 Å². The predicted molar refractivity (Wildman–Crippen MR) is 63.5 cm³/mol. The second-order valence-corrected chi connectivity index (χ2v) is 4.86. The van der Waals surface area contributed by atoms with Gasteiger partial charge in [0, 0.05) is 6.04 Å². The van der Waals surface area contributed by atoms with Crippen LogP contribution in [-0.2, 0) is 0 Å². The van der Waals surface area contributed by atoms with Gasteiger partial charge in [0.15, 0.2) is 0 Å². The van der Waals surface area contributed by atoms with Crippen molar-refractivity contribution in [2.75, 3.05) is 6.54 Å². The fraction of sp³-hybridized carbons (Fsp3) is 1.00. The van der Waals surface area contributed by atoms with Crippen LogP contribution in [0.1, 0.15) is 59.3 Å². The van der Waals surface area contributed by atoms with Crippen LogP contribution >= 0.6 is 0 Å². The minimum atomic E-state index is 0.791. The van der Waals surface area contributed by atoms with Gasteiger partial charge in [-0.05, 0) is 37.6 Å². The highest BCUT2D eigenvalue weighted by atomic mass is 14.9. The molecule has 0 saturated heterocycles. The summed E-state index contributed by atoms with van der Waals surface area (Å²) < 4.78 is 0. The molecule has 0 aromatic heterocycles. The lowest BCUT2D eigenvalue weighted by Crippen LogP contribution is -2.35. The zero-order chi connectivity index (χ0) is 10.4. The van der Waals surface area contributed by atoms with Crippen molar-refractivity contribution in [3.8, 4) is 0 Å². The van der Waals surface area contributed by atoms with Gasteiger partial charge in [-0.2, -0.15) is 0 Å². The van der Waals surface area contributed by atoms with Gasteiger partial charge < -0.3 is 5.32 Å². The summed E-state index contributed by atoms with van der Waals surface area (Å²) in [5.74, 6) is 1.95.